The zero-order chi connectivity index (χ0) is 17.0. The number of ketones is 2. The van der Waals surface area contributed by atoms with Crippen molar-refractivity contribution in [3.05, 3.63) is 70.1 Å². The standard InChI is InChI=1S/C18H8N2O2S3/c21-17-9-4-1-2-5-10(9)18(22)14-11(17)8-12(15-16(14)20-25-19-15)24-13-6-3-7-23-13/h1-8H. The molecule has 2 aromatic carbocycles. The number of thiophene rings is 1. The molecule has 0 saturated carbocycles. The molecule has 0 bridgehead atoms. The van der Waals surface area contributed by atoms with E-state index in [4.69, 9.17) is 0 Å². The minimum atomic E-state index is -0.157. The van der Waals surface area contributed by atoms with Crippen LogP contribution in [0.1, 0.15) is 31.8 Å². The molecular weight excluding hydrogens is 372 g/mol. The molecule has 1 aliphatic carbocycles. The molecular formula is C18H8N2O2S3. The highest BCUT2D eigenvalue weighted by molar-refractivity contribution is 8.01. The maximum absolute atomic E-state index is 13.0. The number of nitrogens with zero attached hydrogens (tertiary/aromatic N) is 2. The first-order valence-electron chi connectivity index (χ1n) is 7.43. The van der Waals surface area contributed by atoms with E-state index in [2.05, 4.69) is 8.75 Å². The number of carbonyl (C=O) groups excluding carboxylic acids is 2. The van der Waals surface area contributed by atoms with Crippen molar-refractivity contribution in [1.82, 2.24) is 8.75 Å². The maximum atomic E-state index is 13.0. The van der Waals surface area contributed by atoms with Crippen LogP contribution in [0, 0.1) is 0 Å². The minimum absolute atomic E-state index is 0.131. The Labute approximate surface area is 154 Å². The molecule has 0 atom stereocenters. The third kappa shape index (κ3) is 2.20. The van der Waals surface area contributed by atoms with Crippen LogP contribution < -0.4 is 0 Å². The van der Waals surface area contributed by atoms with Crippen molar-refractivity contribution >= 4 is 57.4 Å². The number of carbonyl (C=O) groups is 2. The van der Waals surface area contributed by atoms with Crippen molar-refractivity contribution in [3.8, 4) is 0 Å². The van der Waals surface area contributed by atoms with Crippen molar-refractivity contribution in [2.45, 2.75) is 9.10 Å². The summed E-state index contributed by atoms with van der Waals surface area (Å²) < 4.78 is 9.80. The van der Waals surface area contributed by atoms with E-state index < -0.39 is 0 Å². The second-order valence-electron chi connectivity index (χ2n) is 5.50. The molecule has 4 aromatic rings. The van der Waals surface area contributed by atoms with Crippen LogP contribution in [0.2, 0.25) is 0 Å². The third-order valence-corrected chi connectivity index (χ3v) is 6.69. The largest absolute Gasteiger partial charge is 0.289 e. The van der Waals surface area contributed by atoms with Gasteiger partial charge in [0.05, 0.1) is 21.5 Å². The Kier molecular flexibility index (Phi) is 3.34. The Morgan fingerprint density at radius 2 is 1.60 bits per heavy atom. The first-order chi connectivity index (χ1) is 12.2. The Morgan fingerprint density at radius 1 is 0.840 bits per heavy atom. The van der Waals surface area contributed by atoms with Crippen LogP contribution >= 0.6 is 34.8 Å². The van der Waals surface area contributed by atoms with Gasteiger partial charge in [-0.05, 0) is 17.5 Å². The average molecular weight is 380 g/mol. The Balaban J connectivity index is 1.78. The van der Waals surface area contributed by atoms with Crippen LogP contribution in [0.25, 0.3) is 11.0 Å². The topological polar surface area (TPSA) is 59.9 Å². The number of aromatic nitrogens is 2. The lowest BCUT2D eigenvalue weighted by molar-refractivity contribution is 0.0980. The number of fused-ring (bicyclic) bond motifs is 4. The summed E-state index contributed by atoms with van der Waals surface area (Å²) in [6.07, 6.45) is 0. The van der Waals surface area contributed by atoms with Crippen molar-refractivity contribution in [1.29, 1.82) is 0 Å². The molecule has 0 N–H and O–H groups in total. The normalized spacial score (nSPS) is 13.1. The van der Waals surface area contributed by atoms with Crippen LogP contribution in [0.15, 0.2) is 56.9 Å². The fourth-order valence-electron chi connectivity index (χ4n) is 2.99. The predicted molar refractivity (Wildman–Crippen MR) is 99.2 cm³/mol. The van der Waals surface area contributed by atoms with E-state index in [-0.39, 0.29) is 11.6 Å². The highest BCUT2D eigenvalue weighted by Crippen LogP contribution is 2.40. The maximum Gasteiger partial charge on any atom is 0.196 e. The number of hydrogen-bond donors (Lipinski definition) is 0. The summed E-state index contributed by atoms with van der Waals surface area (Å²) in [4.78, 5) is 26.8. The first kappa shape index (κ1) is 14.9. The lowest BCUT2D eigenvalue weighted by Crippen LogP contribution is -2.21. The lowest BCUT2D eigenvalue weighted by atomic mass is 9.83. The Hall–Kier alpha value is -2.35. The van der Waals surface area contributed by atoms with E-state index >= 15 is 0 Å². The number of hydrogen-bond acceptors (Lipinski definition) is 7. The molecule has 0 saturated heterocycles. The first-order valence-corrected chi connectivity index (χ1v) is 9.86. The summed E-state index contributed by atoms with van der Waals surface area (Å²) in [6, 6.07) is 12.7. The van der Waals surface area contributed by atoms with Crippen molar-refractivity contribution in [2.24, 2.45) is 0 Å². The van der Waals surface area contributed by atoms with Gasteiger partial charge in [0.2, 0.25) is 0 Å². The van der Waals surface area contributed by atoms with E-state index in [0.717, 1.165) is 20.8 Å². The van der Waals surface area contributed by atoms with Gasteiger partial charge in [-0.15, -0.1) is 11.3 Å². The van der Waals surface area contributed by atoms with E-state index in [1.54, 1.807) is 53.4 Å². The molecule has 0 fully saturated rings. The summed E-state index contributed by atoms with van der Waals surface area (Å²) in [5.41, 5.74) is 2.89. The average Bonchev–Trinajstić information content (AvgIpc) is 3.31. The molecule has 0 aliphatic heterocycles. The van der Waals surface area contributed by atoms with Gasteiger partial charge in [0.1, 0.15) is 11.0 Å². The molecule has 2 aromatic heterocycles. The molecule has 120 valence electrons. The molecule has 2 heterocycles. The summed E-state index contributed by atoms with van der Waals surface area (Å²) >= 11 is 4.23. The van der Waals surface area contributed by atoms with Crippen LogP contribution in [0.3, 0.4) is 0 Å². The molecule has 4 nitrogen and oxygen atoms in total. The van der Waals surface area contributed by atoms with Gasteiger partial charge in [0.25, 0.3) is 0 Å². The number of rotatable bonds is 2. The van der Waals surface area contributed by atoms with Crippen LogP contribution in [-0.2, 0) is 0 Å². The monoisotopic (exact) mass is 380 g/mol. The predicted octanol–water partition coefficient (Wildman–Crippen LogP) is 4.68. The quantitative estimate of drug-likeness (QED) is 0.445. The van der Waals surface area contributed by atoms with Crippen LogP contribution in [-0.4, -0.2) is 20.3 Å². The number of benzene rings is 2. The van der Waals surface area contributed by atoms with Crippen molar-refractivity contribution in [2.75, 3.05) is 0 Å². The lowest BCUT2D eigenvalue weighted by Gasteiger charge is -2.18. The molecule has 5 rings (SSSR count). The van der Waals surface area contributed by atoms with Gasteiger partial charge in [-0.2, -0.15) is 8.75 Å². The van der Waals surface area contributed by atoms with E-state index in [0.29, 0.717) is 33.3 Å². The van der Waals surface area contributed by atoms with Gasteiger partial charge in [0, 0.05) is 21.6 Å². The SMILES string of the molecule is O=C1c2ccccc2C(=O)c2c1cc(Sc1cccs1)c1nsnc21. The van der Waals surface area contributed by atoms with E-state index in [1.807, 2.05) is 17.5 Å². The fourth-order valence-corrected chi connectivity index (χ4v) is 5.47. The Morgan fingerprint density at radius 3 is 2.36 bits per heavy atom. The molecule has 0 spiro atoms. The van der Waals surface area contributed by atoms with Gasteiger partial charge in [0.15, 0.2) is 11.6 Å². The molecule has 0 amide bonds. The van der Waals surface area contributed by atoms with Gasteiger partial charge in [-0.1, -0.05) is 42.1 Å². The second-order valence-corrected chi connectivity index (χ2v) is 8.32. The zero-order valence-electron chi connectivity index (χ0n) is 12.6. The van der Waals surface area contributed by atoms with Crippen molar-refractivity contribution in [3.63, 3.8) is 0 Å². The Bertz CT molecular complexity index is 1160. The molecule has 0 unspecified atom stereocenters. The summed E-state index contributed by atoms with van der Waals surface area (Å²) in [5.74, 6) is -0.288. The van der Waals surface area contributed by atoms with E-state index in [1.165, 1.54) is 0 Å². The van der Waals surface area contributed by atoms with Gasteiger partial charge in [-0.3, -0.25) is 9.59 Å². The molecule has 0 radical (unpaired) electrons. The zero-order valence-corrected chi connectivity index (χ0v) is 15.0. The smallest absolute Gasteiger partial charge is 0.196 e. The highest BCUT2D eigenvalue weighted by atomic mass is 32.2. The van der Waals surface area contributed by atoms with E-state index in [9.17, 15) is 9.59 Å². The summed E-state index contributed by atoms with van der Waals surface area (Å²) in [6.45, 7) is 0. The highest BCUT2D eigenvalue weighted by Gasteiger charge is 2.33. The fraction of sp³-hybridized carbons (Fsp3) is 0. The second kappa shape index (κ2) is 5.59. The van der Waals surface area contributed by atoms with Gasteiger partial charge >= 0.3 is 0 Å². The molecule has 25 heavy (non-hydrogen) atoms. The van der Waals surface area contributed by atoms with Crippen LogP contribution in [0.5, 0.6) is 0 Å². The minimum Gasteiger partial charge on any atom is -0.289 e. The molecule has 1 aliphatic rings. The van der Waals surface area contributed by atoms with Gasteiger partial charge in [-0.25, -0.2) is 0 Å². The third-order valence-electron chi connectivity index (χ3n) is 4.10. The van der Waals surface area contributed by atoms with Crippen LogP contribution in [0.4, 0.5) is 0 Å². The summed E-state index contributed by atoms with van der Waals surface area (Å²) in [5, 5.41) is 2.00. The molecule has 7 heteroatoms. The van der Waals surface area contributed by atoms with Gasteiger partial charge < -0.3 is 0 Å². The summed E-state index contributed by atoms with van der Waals surface area (Å²) in [7, 11) is 0. The van der Waals surface area contributed by atoms with Crippen molar-refractivity contribution < 1.29 is 9.59 Å².